The number of aromatic nitrogens is 3. The highest BCUT2D eigenvalue weighted by molar-refractivity contribution is 5.78. The monoisotopic (exact) mass is 296 g/mol. The summed E-state index contributed by atoms with van der Waals surface area (Å²) in [7, 11) is 0. The van der Waals surface area contributed by atoms with Gasteiger partial charge in [-0.2, -0.15) is 0 Å². The first kappa shape index (κ1) is 14.5. The minimum Gasteiger partial charge on any atom is -0.354 e. The van der Waals surface area contributed by atoms with E-state index in [-0.39, 0.29) is 11.8 Å². The first-order chi connectivity index (χ1) is 10.8. The van der Waals surface area contributed by atoms with Gasteiger partial charge in [0.1, 0.15) is 5.69 Å². The Bertz CT molecular complexity index is 648. The summed E-state index contributed by atoms with van der Waals surface area (Å²) >= 11 is 0. The van der Waals surface area contributed by atoms with Gasteiger partial charge in [0.25, 0.3) is 0 Å². The van der Waals surface area contributed by atoms with Crippen LogP contribution in [-0.2, 0) is 11.3 Å². The van der Waals surface area contributed by atoms with Gasteiger partial charge in [-0.25, -0.2) is 4.98 Å². The van der Waals surface area contributed by atoms with E-state index in [1.54, 1.807) is 12.4 Å². The smallest absolute Gasteiger partial charge is 0.223 e. The number of allylic oxidation sites excluding steroid dienone is 2. The van der Waals surface area contributed by atoms with Crippen molar-refractivity contribution in [3.63, 3.8) is 0 Å². The summed E-state index contributed by atoms with van der Waals surface area (Å²) in [5.74, 6) is 1.11. The zero-order valence-electron chi connectivity index (χ0n) is 12.5. The fourth-order valence-corrected chi connectivity index (χ4v) is 2.69. The van der Waals surface area contributed by atoms with Crippen molar-refractivity contribution in [1.82, 2.24) is 19.9 Å². The van der Waals surface area contributed by atoms with Crippen molar-refractivity contribution in [3.05, 3.63) is 48.9 Å². The lowest BCUT2D eigenvalue weighted by Gasteiger charge is -2.17. The Morgan fingerprint density at radius 3 is 3.00 bits per heavy atom. The van der Waals surface area contributed by atoms with Crippen molar-refractivity contribution in [3.8, 4) is 11.5 Å². The third kappa shape index (κ3) is 3.42. The van der Waals surface area contributed by atoms with Crippen molar-refractivity contribution in [2.24, 2.45) is 5.92 Å². The number of carbonyl (C=O) groups excluding carboxylic acids is 1. The van der Waals surface area contributed by atoms with E-state index >= 15 is 0 Å². The topological polar surface area (TPSA) is 59.8 Å². The maximum Gasteiger partial charge on any atom is 0.223 e. The number of hydrogen-bond acceptors (Lipinski definition) is 3. The van der Waals surface area contributed by atoms with Gasteiger partial charge in [0, 0.05) is 37.6 Å². The molecule has 0 fully saturated rings. The molecule has 1 amide bonds. The van der Waals surface area contributed by atoms with Crippen LogP contribution in [0.2, 0.25) is 0 Å². The molecule has 5 nitrogen and oxygen atoms in total. The second-order valence-corrected chi connectivity index (χ2v) is 5.43. The van der Waals surface area contributed by atoms with E-state index in [0.717, 1.165) is 30.8 Å². The van der Waals surface area contributed by atoms with E-state index in [4.69, 9.17) is 0 Å². The van der Waals surface area contributed by atoms with E-state index in [2.05, 4.69) is 27.4 Å². The van der Waals surface area contributed by atoms with Gasteiger partial charge in [-0.3, -0.25) is 9.78 Å². The molecule has 0 spiro atoms. The molecular weight excluding hydrogens is 276 g/mol. The van der Waals surface area contributed by atoms with Gasteiger partial charge in [0.15, 0.2) is 5.82 Å². The van der Waals surface area contributed by atoms with Crippen LogP contribution in [0.1, 0.15) is 19.3 Å². The van der Waals surface area contributed by atoms with Crippen molar-refractivity contribution in [2.75, 3.05) is 6.54 Å². The van der Waals surface area contributed by atoms with Crippen LogP contribution in [0.4, 0.5) is 0 Å². The highest BCUT2D eigenvalue weighted by atomic mass is 16.1. The molecule has 5 heteroatoms. The number of carbonyl (C=O) groups is 1. The van der Waals surface area contributed by atoms with Crippen LogP contribution >= 0.6 is 0 Å². The predicted octanol–water partition coefficient (Wildman–Crippen LogP) is 2.42. The third-order valence-corrected chi connectivity index (χ3v) is 3.90. The van der Waals surface area contributed by atoms with Crippen LogP contribution in [0.15, 0.2) is 48.9 Å². The highest BCUT2D eigenvalue weighted by Gasteiger charge is 2.18. The molecule has 1 aliphatic rings. The maximum absolute atomic E-state index is 12.1. The van der Waals surface area contributed by atoms with Gasteiger partial charge in [-0.15, -0.1) is 0 Å². The van der Waals surface area contributed by atoms with Gasteiger partial charge in [0.05, 0.1) is 0 Å². The molecule has 1 N–H and O–H groups in total. The number of amides is 1. The Hall–Kier alpha value is -2.43. The minimum absolute atomic E-state index is 0.128. The fraction of sp³-hybridized carbons (Fsp3) is 0.353. The molecule has 1 atom stereocenters. The average molecular weight is 296 g/mol. The summed E-state index contributed by atoms with van der Waals surface area (Å²) < 4.78 is 2.02. The largest absolute Gasteiger partial charge is 0.354 e. The number of rotatable bonds is 5. The Morgan fingerprint density at radius 2 is 2.23 bits per heavy atom. The van der Waals surface area contributed by atoms with Crippen molar-refractivity contribution in [2.45, 2.75) is 25.8 Å². The third-order valence-electron chi connectivity index (χ3n) is 3.90. The standard InChI is InChI=1S/C17H20N4O/c22-17(14-6-2-1-3-7-14)20-11-13-21-12-10-19-16(21)15-8-4-5-9-18-15/h1-2,4-5,8-10,12,14H,3,6-7,11,13H2,(H,20,22)/t14-/m1/s1. The fourth-order valence-electron chi connectivity index (χ4n) is 2.69. The summed E-state index contributed by atoms with van der Waals surface area (Å²) in [5, 5.41) is 3.03. The molecule has 114 valence electrons. The lowest BCUT2D eigenvalue weighted by Crippen LogP contribution is -2.33. The molecule has 2 aromatic heterocycles. The van der Waals surface area contributed by atoms with Crippen molar-refractivity contribution >= 4 is 5.91 Å². The summed E-state index contributed by atoms with van der Waals surface area (Å²) in [6.45, 7) is 1.30. The predicted molar refractivity (Wildman–Crippen MR) is 84.9 cm³/mol. The van der Waals surface area contributed by atoms with Gasteiger partial charge in [-0.05, 0) is 31.4 Å². The van der Waals surface area contributed by atoms with E-state index in [9.17, 15) is 4.79 Å². The maximum atomic E-state index is 12.1. The van der Waals surface area contributed by atoms with Crippen LogP contribution < -0.4 is 5.32 Å². The number of hydrogen-bond donors (Lipinski definition) is 1. The molecule has 0 saturated carbocycles. The first-order valence-corrected chi connectivity index (χ1v) is 7.70. The summed E-state index contributed by atoms with van der Waals surface area (Å²) in [6, 6.07) is 5.77. The van der Waals surface area contributed by atoms with Crippen LogP contribution in [0.5, 0.6) is 0 Å². The molecule has 1 aliphatic carbocycles. The molecule has 0 saturated heterocycles. The molecule has 0 unspecified atom stereocenters. The van der Waals surface area contributed by atoms with Crippen LogP contribution in [0.25, 0.3) is 11.5 Å². The normalized spacial score (nSPS) is 17.4. The van der Waals surface area contributed by atoms with E-state index in [0.29, 0.717) is 13.1 Å². The number of imidazole rings is 1. The molecule has 2 aromatic rings. The Morgan fingerprint density at radius 1 is 1.27 bits per heavy atom. The quantitative estimate of drug-likeness (QED) is 0.862. The SMILES string of the molecule is O=C(NCCn1ccnc1-c1ccccn1)[C@@H]1CC=CCC1. The second-order valence-electron chi connectivity index (χ2n) is 5.43. The lowest BCUT2D eigenvalue weighted by molar-refractivity contribution is -0.125. The molecule has 0 aromatic carbocycles. The van der Waals surface area contributed by atoms with E-state index in [1.165, 1.54) is 0 Å². The summed E-state index contributed by atoms with van der Waals surface area (Å²) in [5.41, 5.74) is 0.844. The number of nitrogens with one attached hydrogen (secondary N) is 1. The molecule has 0 aliphatic heterocycles. The van der Waals surface area contributed by atoms with Gasteiger partial charge in [0.2, 0.25) is 5.91 Å². The van der Waals surface area contributed by atoms with Crippen LogP contribution in [0, 0.1) is 5.92 Å². The Kier molecular flexibility index (Phi) is 4.63. The number of pyridine rings is 1. The first-order valence-electron chi connectivity index (χ1n) is 7.70. The molecule has 3 rings (SSSR count). The van der Waals surface area contributed by atoms with Gasteiger partial charge < -0.3 is 9.88 Å². The molecular formula is C17H20N4O. The summed E-state index contributed by atoms with van der Waals surface area (Å²) in [6.07, 6.45) is 12.5. The molecule has 2 heterocycles. The molecule has 0 radical (unpaired) electrons. The van der Waals surface area contributed by atoms with Gasteiger partial charge >= 0.3 is 0 Å². The van der Waals surface area contributed by atoms with Gasteiger partial charge in [-0.1, -0.05) is 18.2 Å². The Balaban J connectivity index is 1.55. The zero-order chi connectivity index (χ0) is 15.2. The minimum atomic E-state index is 0.128. The molecule has 0 bridgehead atoms. The Labute approximate surface area is 130 Å². The highest BCUT2D eigenvalue weighted by Crippen LogP contribution is 2.18. The second kappa shape index (κ2) is 7.02. The number of nitrogens with zero attached hydrogens (tertiary/aromatic N) is 3. The van der Waals surface area contributed by atoms with E-state index in [1.807, 2.05) is 29.0 Å². The van der Waals surface area contributed by atoms with Crippen LogP contribution in [0.3, 0.4) is 0 Å². The summed E-state index contributed by atoms with van der Waals surface area (Å²) in [4.78, 5) is 20.8. The molecule has 22 heavy (non-hydrogen) atoms. The lowest BCUT2D eigenvalue weighted by atomic mass is 9.94. The average Bonchev–Trinajstić information content (AvgIpc) is 3.05. The van der Waals surface area contributed by atoms with Crippen molar-refractivity contribution in [1.29, 1.82) is 0 Å². The van der Waals surface area contributed by atoms with Crippen molar-refractivity contribution < 1.29 is 4.79 Å². The van der Waals surface area contributed by atoms with Crippen LogP contribution in [-0.4, -0.2) is 27.0 Å². The van der Waals surface area contributed by atoms with E-state index < -0.39 is 0 Å². The zero-order valence-corrected chi connectivity index (χ0v) is 12.5.